The Labute approximate surface area is 91.7 Å². The predicted molar refractivity (Wildman–Crippen MR) is 64.0 cm³/mol. The second-order valence-electron chi connectivity index (χ2n) is 3.47. The Kier molecular flexibility index (Phi) is 4.91. The molecule has 0 aliphatic heterocycles. The number of nitrogens with two attached hydrogens (primary N) is 1. The van der Waals surface area contributed by atoms with Crippen molar-refractivity contribution in [3.8, 4) is 5.75 Å². The van der Waals surface area contributed by atoms with E-state index < -0.39 is 0 Å². The van der Waals surface area contributed by atoms with Gasteiger partial charge in [0, 0.05) is 6.04 Å². The smallest absolute Gasteiger partial charge is 0.119 e. The number of hydrogen-bond acceptors (Lipinski definition) is 2. The van der Waals surface area contributed by atoms with Gasteiger partial charge in [-0.25, -0.2) is 0 Å². The number of rotatable bonds is 6. The SMILES string of the molecule is C=CCC[C@@H](N)c1ccc(OCC)cc1. The van der Waals surface area contributed by atoms with Crippen LogP contribution in [0.2, 0.25) is 0 Å². The lowest BCUT2D eigenvalue weighted by atomic mass is 10.0. The van der Waals surface area contributed by atoms with Gasteiger partial charge in [-0.3, -0.25) is 0 Å². The minimum atomic E-state index is 0.0960. The van der Waals surface area contributed by atoms with Crippen molar-refractivity contribution in [2.45, 2.75) is 25.8 Å². The third-order valence-electron chi connectivity index (χ3n) is 2.30. The van der Waals surface area contributed by atoms with Crippen molar-refractivity contribution in [1.82, 2.24) is 0 Å². The Bertz CT molecular complexity index is 292. The van der Waals surface area contributed by atoms with Crippen LogP contribution in [0.4, 0.5) is 0 Å². The van der Waals surface area contributed by atoms with E-state index in [-0.39, 0.29) is 6.04 Å². The van der Waals surface area contributed by atoms with Gasteiger partial charge in [-0.05, 0) is 37.5 Å². The third kappa shape index (κ3) is 3.76. The molecule has 15 heavy (non-hydrogen) atoms. The van der Waals surface area contributed by atoms with E-state index in [1.54, 1.807) is 0 Å². The highest BCUT2D eigenvalue weighted by molar-refractivity contribution is 5.29. The predicted octanol–water partition coefficient (Wildman–Crippen LogP) is 3.05. The summed E-state index contributed by atoms with van der Waals surface area (Å²) in [5.74, 6) is 0.900. The molecule has 0 unspecified atom stereocenters. The molecule has 2 N–H and O–H groups in total. The van der Waals surface area contributed by atoms with E-state index >= 15 is 0 Å². The monoisotopic (exact) mass is 205 g/mol. The van der Waals surface area contributed by atoms with Crippen LogP contribution in [0.3, 0.4) is 0 Å². The van der Waals surface area contributed by atoms with Crippen LogP contribution in [0.15, 0.2) is 36.9 Å². The van der Waals surface area contributed by atoms with Gasteiger partial charge in [-0.1, -0.05) is 18.2 Å². The van der Waals surface area contributed by atoms with E-state index in [1.807, 2.05) is 37.3 Å². The Morgan fingerprint density at radius 2 is 2.07 bits per heavy atom. The largest absolute Gasteiger partial charge is 0.494 e. The molecule has 0 bridgehead atoms. The lowest BCUT2D eigenvalue weighted by molar-refractivity contribution is 0.340. The van der Waals surface area contributed by atoms with Gasteiger partial charge in [0.05, 0.1) is 6.61 Å². The van der Waals surface area contributed by atoms with Gasteiger partial charge < -0.3 is 10.5 Å². The third-order valence-corrected chi connectivity index (χ3v) is 2.30. The molecule has 1 atom stereocenters. The van der Waals surface area contributed by atoms with Crippen molar-refractivity contribution in [3.63, 3.8) is 0 Å². The molecule has 0 aliphatic rings. The maximum atomic E-state index is 6.02. The summed E-state index contributed by atoms with van der Waals surface area (Å²) in [6.07, 6.45) is 3.79. The molecule has 0 aliphatic carbocycles. The molecule has 2 nitrogen and oxygen atoms in total. The second kappa shape index (κ2) is 6.25. The first-order chi connectivity index (χ1) is 7.27. The fourth-order valence-electron chi connectivity index (χ4n) is 1.44. The number of ether oxygens (including phenoxy) is 1. The van der Waals surface area contributed by atoms with E-state index in [0.29, 0.717) is 6.61 Å². The van der Waals surface area contributed by atoms with E-state index in [0.717, 1.165) is 24.2 Å². The minimum absolute atomic E-state index is 0.0960. The van der Waals surface area contributed by atoms with Crippen molar-refractivity contribution in [2.24, 2.45) is 5.73 Å². The molecule has 82 valence electrons. The van der Waals surface area contributed by atoms with E-state index in [1.165, 1.54) is 0 Å². The molecule has 0 fully saturated rings. The quantitative estimate of drug-likeness (QED) is 0.724. The van der Waals surface area contributed by atoms with E-state index in [2.05, 4.69) is 6.58 Å². The average molecular weight is 205 g/mol. The first-order valence-corrected chi connectivity index (χ1v) is 5.37. The minimum Gasteiger partial charge on any atom is -0.494 e. The molecule has 1 aromatic carbocycles. The van der Waals surface area contributed by atoms with Gasteiger partial charge in [0.15, 0.2) is 0 Å². The lowest BCUT2D eigenvalue weighted by Crippen LogP contribution is -2.09. The van der Waals surface area contributed by atoms with E-state index in [9.17, 15) is 0 Å². The van der Waals surface area contributed by atoms with Crippen LogP contribution in [-0.4, -0.2) is 6.61 Å². The van der Waals surface area contributed by atoms with Crippen LogP contribution in [0.25, 0.3) is 0 Å². The van der Waals surface area contributed by atoms with Gasteiger partial charge in [0.1, 0.15) is 5.75 Å². The average Bonchev–Trinajstić information content (AvgIpc) is 2.27. The lowest BCUT2D eigenvalue weighted by Gasteiger charge is -2.11. The van der Waals surface area contributed by atoms with Crippen molar-refractivity contribution in [2.75, 3.05) is 6.61 Å². The fourth-order valence-corrected chi connectivity index (χ4v) is 1.44. The highest BCUT2D eigenvalue weighted by atomic mass is 16.5. The van der Waals surface area contributed by atoms with Crippen LogP contribution in [0.1, 0.15) is 31.4 Å². The first kappa shape index (κ1) is 11.8. The van der Waals surface area contributed by atoms with Crippen molar-refractivity contribution >= 4 is 0 Å². The van der Waals surface area contributed by atoms with Crippen LogP contribution in [0.5, 0.6) is 5.75 Å². The normalized spacial score (nSPS) is 12.1. The van der Waals surface area contributed by atoms with Gasteiger partial charge in [-0.2, -0.15) is 0 Å². The highest BCUT2D eigenvalue weighted by Gasteiger charge is 2.04. The zero-order chi connectivity index (χ0) is 11.1. The standard InChI is InChI=1S/C13H19NO/c1-3-5-6-13(14)11-7-9-12(10-8-11)15-4-2/h3,7-10,13H,1,4-6,14H2,2H3/t13-/m1/s1. The topological polar surface area (TPSA) is 35.2 Å². The number of allylic oxidation sites excluding steroid dienone is 1. The molecule has 0 spiro atoms. The van der Waals surface area contributed by atoms with Crippen LogP contribution in [-0.2, 0) is 0 Å². The van der Waals surface area contributed by atoms with Gasteiger partial charge in [0.25, 0.3) is 0 Å². The summed E-state index contributed by atoms with van der Waals surface area (Å²) in [4.78, 5) is 0. The summed E-state index contributed by atoms with van der Waals surface area (Å²) in [5.41, 5.74) is 7.17. The Morgan fingerprint density at radius 3 is 2.60 bits per heavy atom. The highest BCUT2D eigenvalue weighted by Crippen LogP contribution is 2.19. The van der Waals surface area contributed by atoms with Gasteiger partial charge in [-0.15, -0.1) is 6.58 Å². The molecule has 2 heteroatoms. The zero-order valence-corrected chi connectivity index (χ0v) is 9.28. The summed E-state index contributed by atoms with van der Waals surface area (Å²) in [7, 11) is 0. The van der Waals surface area contributed by atoms with Crippen LogP contribution < -0.4 is 10.5 Å². The number of benzene rings is 1. The molecule has 0 saturated heterocycles. The first-order valence-electron chi connectivity index (χ1n) is 5.37. The van der Waals surface area contributed by atoms with Crippen LogP contribution >= 0.6 is 0 Å². The summed E-state index contributed by atoms with van der Waals surface area (Å²) < 4.78 is 5.36. The Hall–Kier alpha value is -1.28. The van der Waals surface area contributed by atoms with Crippen molar-refractivity contribution < 1.29 is 4.74 Å². The molecule has 0 radical (unpaired) electrons. The van der Waals surface area contributed by atoms with Gasteiger partial charge >= 0.3 is 0 Å². The second-order valence-corrected chi connectivity index (χ2v) is 3.47. The summed E-state index contributed by atoms with van der Waals surface area (Å²) in [6, 6.07) is 8.08. The molecule has 0 amide bonds. The maximum absolute atomic E-state index is 6.02. The molecule has 1 rings (SSSR count). The summed E-state index contributed by atoms with van der Waals surface area (Å²) in [5, 5.41) is 0. The Balaban J connectivity index is 2.58. The summed E-state index contributed by atoms with van der Waals surface area (Å²) in [6.45, 7) is 6.36. The maximum Gasteiger partial charge on any atom is 0.119 e. The molecule has 0 heterocycles. The molecular formula is C13H19NO. The fraction of sp³-hybridized carbons (Fsp3) is 0.385. The summed E-state index contributed by atoms with van der Waals surface area (Å²) >= 11 is 0. The molecule has 0 aromatic heterocycles. The van der Waals surface area contributed by atoms with Crippen LogP contribution in [0, 0.1) is 0 Å². The Morgan fingerprint density at radius 1 is 1.40 bits per heavy atom. The zero-order valence-electron chi connectivity index (χ0n) is 9.28. The van der Waals surface area contributed by atoms with Crippen molar-refractivity contribution in [3.05, 3.63) is 42.5 Å². The molecule has 0 saturated carbocycles. The molecule has 1 aromatic rings. The van der Waals surface area contributed by atoms with Gasteiger partial charge in [0.2, 0.25) is 0 Å². The van der Waals surface area contributed by atoms with E-state index in [4.69, 9.17) is 10.5 Å². The van der Waals surface area contributed by atoms with Crippen molar-refractivity contribution in [1.29, 1.82) is 0 Å². The molecular weight excluding hydrogens is 186 g/mol. The number of hydrogen-bond donors (Lipinski definition) is 1.